The van der Waals surface area contributed by atoms with Crippen LogP contribution < -0.4 is 5.32 Å². The van der Waals surface area contributed by atoms with Gasteiger partial charge in [-0.2, -0.15) is 0 Å². The van der Waals surface area contributed by atoms with Gasteiger partial charge in [0.05, 0.1) is 0 Å². The first-order valence-electron chi connectivity index (χ1n) is 6.44. The van der Waals surface area contributed by atoms with Gasteiger partial charge in [0, 0.05) is 6.42 Å². The third kappa shape index (κ3) is 4.60. The van der Waals surface area contributed by atoms with Crippen LogP contribution in [0, 0.1) is 5.92 Å². The van der Waals surface area contributed by atoms with Gasteiger partial charge in [0.2, 0.25) is 0 Å². The summed E-state index contributed by atoms with van der Waals surface area (Å²) in [6.45, 7) is 6.49. The minimum absolute atomic E-state index is 0.379. The molecule has 0 aliphatic rings. The number of nitrogens with one attached hydrogen (secondary N) is 1. The van der Waals surface area contributed by atoms with E-state index < -0.39 is 0 Å². The molecular formula is C13H18ClN3OS. The van der Waals surface area contributed by atoms with E-state index >= 15 is 0 Å². The van der Waals surface area contributed by atoms with Crippen LogP contribution in [0.3, 0.4) is 0 Å². The quantitative estimate of drug-likeness (QED) is 0.793. The van der Waals surface area contributed by atoms with E-state index in [0.29, 0.717) is 16.9 Å². The van der Waals surface area contributed by atoms with E-state index in [9.17, 15) is 0 Å². The molecular weight excluding hydrogens is 282 g/mol. The molecule has 0 spiro atoms. The Labute approximate surface area is 122 Å². The standard InChI is InChI=1S/C13H18ClN3OS/c1-9(2)8-15-7-3-4-12-16-17-13(19-12)10-5-6-11(14)18-10/h5-6,9,15H,3-4,7-8H2,1-2H3. The Bertz CT molecular complexity index is 509. The Kier molecular flexibility index (Phi) is 5.36. The lowest BCUT2D eigenvalue weighted by molar-refractivity contribution is 0.542. The van der Waals surface area contributed by atoms with Crippen LogP contribution in [-0.2, 0) is 6.42 Å². The largest absolute Gasteiger partial charge is 0.442 e. The lowest BCUT2D eigenvalue weighted by Crippen LogP contribution is -2.21. The molecule has 19 heavy (non-hydrogen) atoms. The minimum atomic E-state index is 0.379. The molecule has 2 aromatic heterocycles. The zero-order chi connectivity index (χ0) is 13.7. The third-order valence-corrected chi connectivity index (χ3v) is 3.75. The summed E-state index contributed by atoms with van der Waals surface area (Å²) in [5.74, 6) is 1.38. The maximum Gasteiger partial charge on any atom is 0.194 e. The van der Waals surface area contributed by atoms with Crippen molar-refractivity contribution in [1.29, 1.82) is 0 Å². The van der Waals surface area contributed by atoms with Gasteiger partial charge in [-0.05, 0) is 49.2 Å². The molecule has 0 aromatic carbocycles. The lowest BCUT2D eigenvalue weighted by Gasteiger charge is -2.05. The van der Waals surface area contributed by atoms with Crippen LogP contribution in [0.4, 0.5) is 0 Å². The molecule has 0 radical (unpaired) electrons. The average Bonchev–Trinajstić information content (AvgIpc) is 2.97. The van der Waals surface area contributed by atoms with Crippen LogP contribution in [-0.4, -0.2) is 23.3 Å². The van der Waals surface area contributed by atoms with Crippen molar-refractivity contribution in [3.63, 3.8) is 0 Å². The Morgan fingerprint density at radius 3 is 2.89 bits per heavy atom. The zero-order valence-corrected chi connectivity index (χ0v) is 12.7. The summed E-state index contributed by atoms with van der Waals surface area (Å²) in [6, 6.07) is 3.53. The van der Waals surface area contributed by atoms with E-state index in [0.717, 1.165) is 35.9 Å². The molecule has 2 rings (SSSR count). The second-order valence-electron chi connectivity index (χ2n) is 4.81. The monoisotopic (exact) mass is 299 g/mol. The summed E-state index contributed by atoms with van der Waals surface area (Å²) in [7, 11) is 0. The fourth-order valence-corrected chi connectivity index (χ4v) is 2.63. The van der Waals surface area contributed by atoms with E-state index in [-0.39, 0.29) is 0 Å². The highest BCUT2D eigenvalue weighted by molar-refractivity contribution is 7.14. The molecule has 1 N–H and O–H groups in total. The number of rotatable bonds is 7. The molecule has 0 unspecified atom stereocenters. The van der Waals surface area contributed by atoms with Gasteiger partial charge in [-0.3, -0.25) is 0 Å². The van der Waals surface area contributed by atoms with Gasteiger partial charge in [0.1, 0.15) is 5.01 Å². The molecule has 6 heteroatoms. The summed E-state index contributed by atoms with van der Waals surface area (Å²) in [5, 5.41) is 13.9. The van der Waals surface area contributed by atoms with Gasteiger partial charge in [0.15, 0.2) is 16.0 Å². The summed E-state index contributed by atoms with van der Waals surface area (Å²) in [5.41, 5.74) is 0. The fourth-order valence-electron chi connectivity index (χ4n) is 1.64. The summed E-state index contributed by atoms with van der Waals surface area (Å²) in [6.07, 6.45) is 2.01. The fraction of sp³-hybridized carbons (Fsp3) is 0.538. The highest BCUT2D eigenvalue weighted by atomic mass is 35.5. The van der Waals surface area contributed by atoms with Crippen LogP contribution in [0.15, 0.2) is 16.5 Å². The number of hydrogen-bond donors (Lipinski definition) is 1. The zero-order valence-electron chi connectivity index (χ0n) is 11.1. The first-order chi connectivity index (χ1) is 9.15. The number of furan rings is 1. The Hall–Kier alpha value is -0.910. The SMILES string of the molecule is CC(C)CNCCCc1nnc(-c2ccc(Cl)o2)s1. The van der Waals surface area contributed by atoms with Crippen molar-refractivity contribution in [3.8, 4) is 10.8 Å². The molecule has 4 nitrogen and oxygen atoms in total. The molecule has 0 fully saturated rings. The highest BCUT2D eigenvalue weighted by Crippen LogP contribution is 2.27. The number of halogens is 1. The first kappa shape index (κ1) is 14.5. The van der Waals surface area contributed by atoms with Crippen molar-refractivity contribution in [3.05, 3.63) is 22.4 Å². The molecule has 104 valence electrons. The van der Waals surface area contributed by atoms with Gasteiger partial charge in [-0.15, -0.1) is 10.2 Å². The summed E-state index contributed by atoms with van der Waals surface area (Å²) < 4.78 is 5.31. The number of aromatic nitrogens is 2. The highest BCUT2D eigenvalue weighted by Gasteiger charge is 2.10. The third-order valence-electron chi connectivity index (χ3n) is 2.55. The maximum atomic E-state index is 5.74. The number of hydrogen-bond acceptors (Lipinski definition) is 5. The molecule has 0 atom stereocenters. The molecule has 0 aliphatic heterocycles. The van der Waals surface area contributed by atoms with Gasteiger partial charge in [-0.1, -0.05) is 25.2 Å². The first-order valence-corrected chi connectivity index (χ1v) is 7.63. The Morgan fingerprint density at radius 1 is 1.37 bits per heavy atom. The Morgan fingerprint density at radius 2 is 2.21 bits per heavy atom. The number of nitrogens with zero attached hydrogens (tertiary/aromatic N) is 2. The number of aryl methyl sites for hydroxylation is 1. The predicted octanol–water partition coefficient (Wildman–Crippen LogP) is 3.63. The molecule has 0 aliphatic carbocycles. The molecule has 0 saturated heterocycles. The smallest absolute Gasteiger partial charge is 0.194 e. The van der Waals surface area contributed by atoms with Gasteiger partial charge < -0.3 is 9.73 Å². The van der Waals surface area contributed by atoms with Crippen LogP contribution in [0.1, 0.15) is 25.3 Å². The second-order valence-corrected chi connectivity index (χ2v) is 6.24. The van der Waals surface area contributed by atoms with Crippen molar-refractivity contribution in [1.82, 2.24) is 15.5 Å². The van der Waals surface area contributed by atoms with Crippen molar-refractivity contribution in [2.75, 3.05) is 13.1 Å². The van der Waals surface area contributed by atoms with Gasteiger partial charge in [0.25, 0.3) is 0 Å². The van der Waals surface area contributed by atoms with Crippen LogP contribution >= 0.6 is 22.9 Å². The van der Waals surface area contributed by atoms with E-state index in [1.807, 2.05) is 6.07 Å². The van der Waals surface area contributed by atoms with Crippen molar-refractivity contribution >= 4 is 22.9 Å². The molecule has 0 amide bonds. The minimum Gasteiger partial charge on any atom is -0.442 e. The van der Waals surface area contributed by atoms with E-state index in [4.69, 9.17) is 16.0 Å². The van der Waals surface area contributed by atoms with Crippen LogP contribution in [0.5, 0.6) is 0 Å². The molecule has 2 heterocycles. The van der Waals surface area contributed by atoms with Crippen LogP contribution in [0.2, 0.25) is 5.22 Å². The lowest BCUT2D eigenvalue weighted by atomic mass is 10.2. The second kappa shape index (κ2) is 7.03. The van der Waals surface area contributed by atoms with Crippen molar-refractivity contribution in [2.24, 2.45) is 5.92 Å². The maximum absolute atomic E-state index is 5.74. The van der Waals surface area contributed by atoms with E-state index in [1.54, 1.807) is 17.4 Å². The van der Waals surface area contributed by atoms with Crippen molar-refractivity contribution < 1.29 is 4.42 Å². The van der Waals surface area contributed by atoms with E-state index in [1.165, 1.54) is 0 Å². The predicted molar refractivity (Wildman–Crippen MR) is 78.6 cm³/mol. The summed E-state index contributed by atoms with van der Waals surface area (Å²) >= 11 is 7.30. The summed E-state index contributed by atoms with van der Waals surface area (Å²) in [4.78, 5) is 0. The van der Waals surface area contributed by atoms with Gasteiger partial charge in [-0.25, -0.2) is 0 Å². The normalized spacial score (nSPS) is 11.4. The van der Waals surface area contributed by atoms with Crippen LogP contribution in [0.25, 0.3) is 10.8 Å². The molecule has 0 bridgehead atoms. The van der Waals surface area contributed by atoms with Gasteiger partial charge >= 0.3 is 0 Å². The molecule has 0 saturated carbocycles. The molecule has 2 aromatic rings. The average molecular weight is 300 g/mol. The van der Waals surface area contributed by atoms with Crippen molar-refractivity contribution in [2.45, 2.75) is 26.7 Å². The Balaban J connectivity index is 1.78. The van der Waals surface area contributed by atoms with E-state index in [2.05, 4.69) is 29.4 Å². The topological polar surface area (TPSA) is 51.0 Å².